The van der Waals surface area contributed by atoms with Gasteiger partial charge < -0.3 is 10.2 Å². The zero-order valence-corrected chi connectivity index (χ0v) is 19.9. The number of hydrogen-bond acceptors (Lipinski definition) is 2. The quantitative estimate of drug-likeness (QED) is 0.515. The summed E-state index contributed by atoms with van der Waals surface area (Å²) < 4.78 is 0. The van der Waals surface area contributed by atoms with E-state index in [1.807, 2.05) is 6.92 Å². The van der Waals surface area contributed by atoms with Gasteiger partial charge in [-0.1, -0.05) is 47.0 Å². The molecule has 172 valence electrons. The van der Waals surface area contributed by atoms with Crippen LogP contribution >= 0.6 is 0 Å². The topological polar surface area (TPSA) is 57.5 Å². The zero-order chi connectivity index (χ0) is 21.7. The maximum Gasteiger partial charge on any atom is 0.306 e. The fraction of sp³-hybridized carbons (Fsp3) is 0.963. The van der Waals surface area contributed by atoms with Gasteiger partial charge in [-0.2, -0.15) is 0 Å². The van der Waals surface area contributed by atoms with E-state index in [9.17, 15) is 9.90 Å². The summed E-state index contributed by atoms with van der Waals surface area (Å²) in [6.45, 7) is 9.35. The van der Waals surface area contributed by atoms with Crippen molar-refractivity contribution >= 4 is 5.97 Å². The van der Waals surface area contributed by atoms with Gasteiger partial charge in [0, 0.05) is 0 Å². The van der Waals surface area contributed by atoms with Crippen LogP contribution in [0.5, 0.6) is 0 Å². The summed E-state index contributed by atoms with van der Waals surface area (Å²) in [5, 5.41) is 20.3. The predicted octanol–water partition coefficient (Wildman–Crippen LogP) is 6.53. The van der Waals surface area contributed by atoms with Crippen molar-refractivity contribution in [2.24, 2.45) is 52.3 Å². The highest BCUT2D eigenvalue weighted by atomic mass is 16.4. The molecule has 0 aromatic rings. The van der Waals surface area contributed by atoms with Crippen molar-refractivity contribution < 1.29 is 15.0 Å². The molecule has 0 bridgehead atoms. The van der Waals surface area contributed by atoms with Gasteiger partial charge in [-0.05, 0) is 104 Å². The third-order valence-electron chi connectivity index (χ3n) is 11.2. The number of carboxylic acids is 1. The maximum absolute atomic E-state index is 11.1. The third kappa shape index (κ3) is 3.55. The molecule has 4 fully saturated rings. The number of carbonyl (C=O) groups is 1. The number of hydrogen-bond donors (Lipinski definition) is 2. The van der Waals surface area contributed by atoms with Gasteiger partial charge in [0.15, 0.2) is 0 Å². The van der Waals surface area contributed by atoms with Crippen LogP contribution in [0.25, 0.3) is 0 Å². The second kappa shape index (κ2) is 8.41. The minimum absolute atomic E-state index is 0.0826. The highest BCUT2D eigenvalue weighted by Gasteiger charge is 2.61. The lowest BCUT2D eigenvalue weighted by molar-refractivity contribution is -0.164. The SMILES string of the molecule is CC(CCC[C@@H](C)[C@H]1CC[C@H]2[C@@H]3CC[C@@H]4CCCC(O)[C@]4(C)[C@H]3CC[C@]12C)C(=O)O. The van der Waals surface area contributed by atoms with Crippen LogP contribution in [0.4, 0.5) is 0 Å². The minimum atomic E-state index is -0.650. The summed E-state index contributed by atoms with van der Waals surface area (Å²) in [5.41, 5.74) is 0.626. The van der Waals surface area contributed by atoms with E-state index < -0.39 is 5.97 Å². The van der Waals surface area contributed by atoms with E-state index in [2.05, 4.69) is 20.8 Å². The number of carboxylic acid groups (broad SMARTS) is 1. The monoisotopic (exact) mass is 418 g/mol. The molecule has 2 unspecified atom stereocenters. The summed E-state index contributed by atoms with van der Waals surface area (Å²) >= 11 is 0. The molecule has 0 amide bonds. The van der Waals surface area contributed by atoms with Crippen molar-refractivity contribution in [1.29, 1.82) is 0 Å². The van der Waals surface area contributed by atoms with Crippen LogP contribution in [-0.2, 0) is 4.79 Å². The lowest BCUT2D eigenvalue weighted by Gasteiger charge is -2.62. The first-order valence-corrected chi connectivity index (χ1v) is 13.1. The van der Waals surface area contributed by atoms with Gasteiger partial charge in [-0.25, -0.2) is 0 Å². The van der Waals surface area contributed by atoms with Gasteiger partial charge in [-0.15, -0.1) is 0 Å². The molecule has 0 aliphatic heterocycles. The molecule has 0 saturated heterocycles. The van der Waals surface area contributed by atoms with E-state index in [-0.39, 0.29) is 17.4 Å². The van der Waals surface area contributed by atoms with Crippen LogP contribution in [0.15, 0.2) is 0 Å². The van der Waals surface area contributed by atoms with Crippen LogP contribution in [0.3, 0.4) is 0 Å². The average Bonchev–Trinajstić information content (AvgIpc) is 3.06. The average molecular weight is 419 g/mol. The number of fused-ring (bicyclic) bond motifs is 5. The highest BCUT2D eigenvalue weighted by molar-refractivity contribution is 5.69. The molecule has 0 radical (unpaired) electrons. The molecule has 4 rings (SSSR count). The van der Waals surface area contributed by atoms with Crippen molar-refractivity contribution in [2.75, 3.05) is 0 Å². The Morgan fingerprint density at radius 1 is 0.967 bits per heavy atom. The smallest absolute Gasteiger partial charge is 0.306 e. The summed E-state index contributed by atoms with van der Waals surface area (Å²) in [5.74, 6) is 3.78. The van der Waals surface area contributed by atoms with Crippen LogP contribution in [0.2, 0.25) is 0 Å². The molecular weight excluding hydrogens is 372 g/mol. The maximum atomic E-state index is 11.1. The Morgan fingerprint density at radius 3 is 2.47 bits per heavy atom. The predicted molar refractivity (Wildman–Crippen MR) is 121 cm³/mol. The van der Waals surface area contributed by atoms with Crippen LogP contribution < -0.4 is 0 Å². The molecule has 2 N–H and O–H groups in total. The van der Waals surface area contributed by atoms with E-state index in [0.29, 0.717) is 11.3 Å². The fourth-order valence-electron chi connectivity index (χ4n) is 9.36. The molecule has 30 heavy (non-hydrogen) atoms. The second-order valence-electron chi connectivity index (χ2n) is 12.3. The summed E-state index contributed by atoms with van der Waals surface area (Å²) in [4.78, 5) is 11.1. The molecular formula is C27H46O3. The number of aliphatic hydroxyl groups is 1. The standard InChI is InChI=1S/C27H46O3/c1-17(7-5-8-18(2)25(29)30)21-13-14-22-20-12-11-19-9-6-10-24(28)27(19,4)23(20)15-16-26(21,22)3/h17-24,28H,5-16H2,1-4H3,(H,29,30)/t17-,18?,19+,20+,21-,22+,23+,24?,26-,27+/m1/s1. The Balaban J connectivity index is 1.44. The van der Waals surface area contributed by atoms with Crippen molar-refractivity contribution in [2.45, 2.75) is 111 Å². The molecule has 3 nitrogen and oxygen atoms in total. The number of rotatable bonds is 6. The zero-order valence-electron chi connectivity index (χ0n) is 19.9. The Hall–Kier alpha value is -0.570. The van der Waals surface area contributed by atoms with Crippen molar-refractivity contribution in [3.05, 3.63) is 0 Å². The minimum Gasteiger partial charge on any atom is -0.481 e. The Morgan fingerprint density at radius 2 is 1.73 bits per heavy atom. The van der Waals surface area contributed by atoms with E-state index in [0.717, 1.165) is 48.9 Å². The Labute approximate surface area is 184 Å². The molecule has 4 aliphatic carbocycles. The third-order valence-corrected chi connectivity index (χ3v) is 11.2. The highest BCUT2D eigenvalue weighted by Crippen LogP contribution is 2.68. The molecule has 0 heterocycles. The van der Waals surface area contributed by atoms with Gasteiger partial charge in [0.2, 0.25) is 0 Å². The fourth-order valence-corrected chi connectivity index (χ4v) is 9.36. The second-order valence-corrected chi connectivity index (χ2v) is 12.3. The molecule has 3 heteroatoms. The molecule has 0 aromatic heterocycles. The van der Waals surface area contributed by atoms with Gasteiger partial charge in [0.1, 0.15) is 0 Å². The Kier molecular flexibility index (Phi) is 6.34. The first-order valence-electron chi connectivity index (χ1n) is 13.1. The van der Waals surface area contributed by atoms with Gasteiger partial charge >= 0.3 is 5.97 Å². The Bertz CT molecular complexity index is 632. The van der Waals surface area contributed by atoms with Gasteiger partial charge in [0.05, 0.1) is 12.0 Å². The number of aliphatic carboxylic acids is 1. The first-order chi connectivity index (χ1) is 14.2. The summed E-state index contributed by atoms with van der Waals surface area (Å²) in [6, 6.07) is 0. The van der Waals surface area contributed by atoms with E-state index in [4.69, 9.17) is 5.11 Å². The van der Waals surface area contributed by atoms with Gasteiger partial charge in [0.25, 0.3) is 0 Å². The normalized spacial score (nSPS) is 47.6. The molecule has 0 spiro atoms. The summed E-state index contributed by atoms with van der Waals surface area (Å²) in [6.07, 6.45) is 14.7. The van der Waals surface area contributed by atoms with Gasteiger partial charge in [-0.3, -0.25) is 4.79 Å². The van der Waals surface area contributed by atoms with Crippen LogP contribution in [0, 0.1) is 52.3 Å². The lowest BCUT2D eigenvalue weighted by Crippen LogP contribution is -2.57. The molecule has 10 atom stereocenters. The lowest BCUT2D eigenvalue weighted by atomic mass is 9.44. The molecule has 4 aliphatic rings. The molecule has 0 aromatic carbocycles. The summed E-state index contributed by atoms with van der Waals surface area (Å²) in [7, 11) is 0. The largest absolute Gasteiger partial charge is 0.481 e. The van der Waals surface area contributed by atoms with Crippen molar-refractivity contribution in [3.8, 4) is 0 Å². The van der Waals surface area contributed by atoms with E-state index in [1.165, 1.54) is 57.8 Å². The van der Waals surface area contributed by atoms with Crippen molar-refractivity contribution in [1.82, 2.24) is 0 Å². The number of aliphatic hydroxyl groups excluding tert-OH is 1. The van der Waals surface area contributed by atoms with E-state index in [1.54, 1.807) is 0 Å². The molecule has 4 saturated carbocycles. The first kappa shape index (κ1) is 22.6. The van der Waals surface area contributed by atoms with Crippen LogP contribution in [-0.4, -0.2) is 22.3 Å². The van der Waals surface area contributed by atoms with Crippen molar-refractivity contribution in [3.63, 3.8) is 0 Å². The van der Waals surface area contributed by atoms with E-state index >= 15 is 0 Å². The van der Waals surface area contributed by atoms with Crippen LogP contribution in [0.1, 0.15) is 105 Å².